The van der Waals surface area contributed by atoms with E-state index in [0.717, 1.165) is 53.7 Å². The van der Waals surface area contributed by atoms with Crippen molar-refractivity contribution in [1.82, 2.24) is 9.88 Å². The maximum Gasteiger partial charge on any atom is 0.254 e. The monoisotopic (exact) mass is 268 g/mol. The Labute approximate surface area is 119 Å². The zero-order chi connectivity index (χ0) is 14.1. The molecule has 3 rings (SSSR count). The summed E-state index contributed by atoms with van der Waals surface area (Å²) in [6, 6.07) is 7.98. The number of aromatic nitrogens is 1. The lowest BCUT2D eigenvalue weighted by Gasteiger charge is -2.27. The van der Waals surface area contributed by atoms with Crippen LogP contribution in [0.5, 0.6) is 0 Å². The van der Waals surface area contributed by atoms with E-state index in [1.54, 1.807) is 0 Å². The van der Waals surface area contributed by atoms with Crippen LogP contribution in [0.3, 0.4) is 0 Å². The number of rotatable bonds is 1. The minimum absolute atomic E-state index is 0.158. The van der Waals surface area contributed by atoms with Crippen LogP contribution >= 0.6 is 0 Å². The Bertz CT molecular complexity index is 657. The predicted molar refractivity (Wildman–Crippen MR) is 81.0 cm³/mol. The maximum absolute atomic E-state index is 12.8. The van der Waals surface area contributed by atoms with Gasteiger partial charge in [0.15, 0.2) is 0 Å². The highest BCUT2D eigenvalue weighted by molar-refractivity contribution is 6.06. The fraction of sp³-hybridized carbons (Fsp3) is 0.412. The highest BCUT2D eigenvalue weighted by atomic mass is 16.2. The van der Waals surface area contributed by atoms with Crippen LogP contribution in [0.4, 0.5) is 0 Å². The third kappa shape index (κ3) is 2.28. The number of para-hydroxylation sites is 1. The normalized spacial score (nSPS) is 15.6. The number of aryl methyl sites for hydroxylation is 2. The van der Waals surface area contributed by atoms with Crippen molar-refractivity contribution in [3.8, 4) is 0 Å². The van der Waals surface area contributed by atoms with Crippen LogP contribution in [-0.4, -0.2) is 28.9 Å². The highest BCUT2D eigenvalue weighted by Crippen LogP contribution is 2.23. The van der Waals surface area contributed by atoms with Gasteiger partial charge in [0.1, 0.15) is 0 Å². The molecule has 0 N–H and O–H groups in total. The molecule has 0 saturated carbocycles. The standard InChI is InChI=1S/C17H20N2O/c1-12-7-6-8-14-15(11-13(2)18-16(12)14)17(20)19-9-4-3-5-10-19/h6-8,11H,3-5,9-10H2,1-2H3. The van der Waals surface area contributed by atoms with Gasteiger partial charge in [0.05, 0.1) is 11.1 Å². The van der Waals surface area contributed by atoms with Gasteiger partial charge in [-0.05, 0) is 44.7 Å². The van der Waals surface area contributed by atoms with Crippen molar-refractivity contribution in [1.29, 1.82) is 0 Å². The molecule has 1 amide bonds. The summed E-state index contributed by atoms with van der Waals surface area (Å²) in [7, 11) is 0. The Morgan fingerprint density at radius 3 is 2.65 bits per heavy atom. The summed E-state index contributed by atoms with van der Waals surface area (Å²) in [4.78, 5) is 19.4. The molecule has 1 aliphatic rings. The van der Waals surface area contributed by atoms with Crippen molar-refractivity contribution in [3.05, 3.63) is 41.1 Å². The number of nitrogens with zero attached hydrogens (tertiary/aromatic N) is 2. The molecule has 1 aromatic carbocycles. The third-order valence-corrected chi connectivity index (χ3v) is 4.04. The van der Waals surface area contributed by atoms with Crippen molar-refractivity contribution < 1.29 is 4.79 Å². The minimum Gasteiger partial charge on any atom is -0.339 e. The van der Waals surface area contributed by atoms with E-state index in [9.17, 15) is 4.79 Å². The molecule has 3 heteroatoms. The van der Waals surface area contributed by atoms with Gasteiger partial charge in [0.25, 0.3) is 5.91 Å². The fourth-order valence-electron chi connectivity index (χ4n) is 2.96. The summed E-state index contributed by atoms with van der Waals surface area (Å²) < 4.78 is 0. The second-order valence-electron chi connectivity index (χ2n) is 5.64. The van der Waals surface area contributed by atoms with Gasteiger partial charge in [0.2, 0.25) is 0 Å². The van der Waals surface area contributed by atoms with Crippen LogP contribution < -0.4 is 0 Å². The summed E-state index contributed by atoms with van der Waals surface area (Å²) >= 11 is 0. The van der Waals surface area contributed by atoms with E-state index in [1.165, 1.54) is 6.42 Å². The van der Waals surface area contributed by atoms with E-state index in [2.05, 4.69) is 4.98 Å². The maximum atomic E-state index is 12.8. The van der Waals surface area contributed by atoms with Gasteiger partial charge in [-0.25, -0.2) is 0 Å². The van der Waals surface area contributed by atoms with E-state index < -0.39 is 0 Å². The average molecular weight is 268 g/mol. The van der Waals surface area contributed by atoms with Crippen LogP contribution in [0, 0.1) is 13.8 Å². The largest absolute Gasteiger partial charge is 0.339 e. The summed E-state index contributed by atoms with van der Waals surface area (Å²) in [5, 5.41) is 0.978. The molecule has 0 bridgehead atoms. The van der Waals surface area contributed by atoms with Crippen molar-refractivity contribution in [3.63, 3.8) is 0 Å². The molecule has 1 aliphatic heterocycles. The number of amides is 1. The van der Waals surface area contributed by atoms with Crippen molar-refractivity contribution in [2.24, 2.45) is 0 Å². The number of hydrogen-bond donors (Lipinski definition) is 0. The first kappa shape index (κ1) is 13.1. The summed E-state index contributed by atoms with van der Waals surface area (Å²) in [6.07, 6.45) is 3.47. The van der Waals surface area contributed by atoms with Gasteiger partial charge in [-0.1, -0.05) is 18.2 Å². The van der Waals surface area contributed by atoms with Gasteiger partial charge < -0.3 is 4.90 Å². The Kier molecular flexibility index (Phi) is 3.43. The molecule has 0 atom stereocenters. The number of fused-ring (bicyclic) bond motifs is 1. The summed E-state index contributed by atoms with van der Waals surface area (Å²) in [5.74, 6) is 0.158. The topological polar surface area (TPSA) is 33.2 Å². The Morgan fingerprint density at radius 1 is 1.15 bits per heavy atom. The molecule has 1 aromatic heterocycles. The first-order valence-corrected chi connectivity index (χ1v) is 7.33. The molecule has 104 valence electrons. The number of carbonyl (C=O) groups excluding carboxylic acids is 1. The van der Waals surface area contributed by atoms with Crippen molar-refractivity contribution in [2.45, 2.75) is 33.1 Å². The zero-order valence-corrected chi connectivity index (χ0v) is 12.1. The van der Waals surface area contributed by atoms with E-state index in [4.69, 9.17) is 0 Å². The molecular weight excluding hydrogens is 248 g/mol. The molecule has 2 heterocycles. The number of benzene rings is 1. The Morgan fingerprint density at radius 2 is 1.90 bits per heavy atom. The molecule has 1 saturated heterocycles. The number of carbonyl (C=O) groups is 1. The molecule has 1 fully saturated rings. The number of pyridine rings is 1. The summed E-state index contributed by atoms with van der Waals surface area (Å²) in [5.41, 5.74) is 3.79. The van der Waals surface area contributed by atoms with E-state index >= 15 is 0 Å². The van der Waals surface area contributed by atoms with E-state index in [0.29, 0.717) is 0 Å². The van der Waals surface area contributed by atoms with Crippen LogP contribution in [0.25, 0.3) is 10.9 Å². The number of likely N-dealkylation sites (tertiary alicyclic amines) is 1. The molecule has 20 heavy (non-hydrogen) atoms. The second-order valence-corrected chi connectivity index (χ2v) is 5.64. The Hall–Kier alpha value is -1.90. The van der Waals surface area contributed by atoms with Crippen LogP contribution in [0.15, 0.2) is 24.3 Å². The van der Waals surface area contributed by atoms with E-state index in [1.807, 2.05) is 43.0 Å². The lowest BCUT2D eigenvalue weighted by atomic mass is 10.0. The van der Waals surface area contributed by atoms with Crippen LogP contribution in [0.1, 0.15) is 40.9 Å². The molecule has 3 nitrogen and oxygen atoms in total. The van der Waals surface area contributed by atoms with Crippen molar-refractivity contribution in [2.75, 3.05) is 13.1 Å². The fourth-order valence-corrected chi connectivity index (χ4v) is 2.96. The quantitative estimate of drug-likeness (QED) is 0.793. The van der Waals surface area contributed by atoms with Gasteiger partial charge in [-0.2, -0.15) is 0 Å². The number of piperidine rings is 1. The molecule has 2 aromatic rings. The van der Waals surface area contributed by atoms with Crippen molar-refractivity contribution >= 4 is 16.8 Å². The predicted octanol–water partition coefficient (Wildman–Crippen LogP) is 3.48. The smallest absolute Gasteiger partial charge is 0.254 e. The van der Waals surface area contributed by atoms with Crippen LogP contribution in [0.2, 0.25) is 0 Å². The lowest BCUT2D eigenvalue weighted by molar-refractivity contribution is 0.0726. The molecule has 0 radical (unpaired) electrons. The zero-order valence-electron chi connectivity index (χ0n) is 12.1. The number of hydrogen-bond acceptors (Lipinski definition) is 2. The first-order valence-electron chi connectivity index (χ1n) is 7.33. The average Bonchev–Trinajstić information content (AvgIpc) is 2.48. The Balaban J connectivity index is 2.10. The minimum atomic E-state index is 0.158. The van der Waals surface area contributed by atoms with Gasteiger partial charge in [-0.15, -0.1) is 0 Å². The van der Waals surface area contributed by atoms with Crippen LogP contribution in [-0.2, 0) is 0 Å². The second kappa shape index (κ2) is 5.23. The summed E-state index contributed by atoms with van der Waals surface area (Å²) in [6.45, 7) is 5.77. The van der Waals surface area contributed by atoms with E-state index in [-0.39, 0.29) is 5.91 Å². The SMILES string of the molecule is Cc1cc(C(=O)N2CCCCC2)c2cccc(C)c2n1. The first-order chi connectivity index (χ1) is 9.66. The molecule has 0 unspecified atom stereocenters. The molecule has 0 aliphatic carbocycles. The van der Waals surface area contributed by atoms with Gasteiger partial charge in [-0.3, -0.25) is 9.78 Å². The molecule has 0 spiro atoms. The highest BCUT2D eigenvalue weighted by Gasteiger charge is 2.21. The molecular formula is C17H20N2O. The third-order valence-electron chi connectivity index (χ3n) is 4.04. The van der Waals surface area contributed by atoms with Gasteiger partial charge >= 0.3 is 0 Å². The van der Waals surface area contributed by atoms with Gasteiger partial charge in [0, 0.05) is 24.2 Å². The lowest BCUT2D eigenvalue weighted by Crippen LogP contribution is -2.35.